The Morgan fingerprint density at radius 1 is 1.41 bits per heavy atom. The zero-order valence-electron chi connectivity index (χ0n) is 12.6. The van der Waals surface area contributed by atoms with E-state index in [-0.39, 0.29) is 12.1 Å². The number of amides is 2. The molecule has 0 radical (unpaired) electrons. The van der Waals surface area contributed by atoms with E-state index in [1.54, 1.807) is 15.8 Å². The summed E-state index contributed by atoms with van der Waals surface area (Å²) in [5.41, 5.74) is 2.06. The molecular weight excluding hydrogens is 280 g/mol. The first-order valence-corrected chi connectivity index (χ1v) is 7.46. The van der Waals surface area contributed by atoms with Gasteiger partial charge in [-0.15, -0.1) is 0 Å². The van der Waals surface area contributed by atoms with Crippen LogP contribution in [0, 0.1) is 0 Å². The minimum absolute atomic E-state index is 0.0358. The molecule has 3 rings (SSSR count). The van der Waals surface area contributed by atoms with Crippen LogP contribution in [-0.4, -0.2) is 46.5 Å². The Balaban J connectivity index is 1.54. The number of urea groups is 1. The quantitative estimate of drug-likeness (QED) is 0.940. The Morgan fingerprint density at radius 2 is 2.23 bits per heavy atom. The number of morpholine rings is 1. The summed E-state index contributed by atoms with van der Waals surface area (Å²) in [6, 6.07) is 9.83. The molecule has 1 aromatic carbocycles. The number of hydrogen-bond acceptors (Lipinski definition) is 3. The van der Waals surface area contributed by atoms with Crippen LogP contribution in [0.15, 0.2) is 42.7 Å². The van der Waals surface area contributed by atoms with Gasteiger partial charge in [0.15, 0.2) is 0 Å². The predicted octanol–water partition coefficient (Wildman–Crippen LogP) is 1.80. The molecule has 2 aromatic rings. The van der Waals surface area contributed by atoms with Crippen molar-refractivity contribution in [3.05, 3.63) is 48.3 Å². The van der Waals surface area contributed by atoms with Crippen LogP contribution in [0.1, 0.15) is 12.5 Å². The van der Waals surface area contributed by atoms with Gasteiger partial charge in [-0.2, -0.15) is 5.10 Å². The molecule has 1 unspecified atom stereocenters. The van der Waals surface area contributed by atoms with Gasteiger partial charge in [-0.25, -0.2) is 9.48 Å². The lowest BCUT2D eigenvalue weighted by Crippen LogP contribution is -2.48. The van der Waals surface area contributed by atoms with Crippen molar-refractivity contribution < 1.29 is 9.53 Å². The maximum absolute atomic E-state index is 12.1. The molecule has 1 N–H and O–H groups in total. The SMILES string of the molecule is CC1CN(C(=O)NCc2ccc(-n3cccn3)cc2)CCO1. The molecule has 1 atom stereocenters. The van der Waals surface area contributed by atoms with Crippen molar-refractivity contribution in [2.45, 2.75) is 19.6 Å². The van der Waals surface area contributed by atoms with E-state index in [2.05, 4.69) is 10.4 Å². The molecule has 0 aliphatic carbocycles. The summed E-state index contributed by atoms with van der Waals surface area (Å²) in [4.78, 5) is 13.9. The summed E-state index contributed by atoms with van der Waals surface area (Å²) in [6.45, 7) is 4.39. The first-order valence-electron chi connectivity index (χ1n) is 7.46. The van der Waals surface area contributed by atoms with Crippen molar-refractivity contribution in [2.75, 3.05) is 19.7 Å². The molecule has 0 spiro atoms. The largest absolute Gasteiger partial charge is 0.375 e. The van der Waals surface area contributed by atoms with Crippen LogP contribution in [0.25, 0.3) is 5.69 Å². The number of benzene rings is 1. The third-order valence-corrected chi connectivity index (χ3v) is 3.68. The maximum atomic E-state index is 12.1. The van der Waals surface area contributed by atoms with E-state index in [0.717, 1.165) is 11.3 Å². The highest BCUT2D eigenvalue weighted by Crippen LogP contribution is 2.09. The summed E-state index contributed by atoms with van der Waals surface area (Å²) >= 11 is 0. The minimum atomic E-state index is -0.0358. The number of carbonyl (C=O) groups excluding carboxylic acids is 1. The molecule has 1 aliphatic heterocycles. The second-order valence-electron chi connectivity index (χ2n) is 5.40. The average molecular weight is 300 g/mol. The fourth-order valence-corrected chi connectivity index (χ4v) is 2.48. The normalized spacial score (nSPS) is 18.2. The second-order valence-corrected chi connectivity index (χ2v) is 5.40. The van der Waals surface area contributed by atoms with E-state index in [0.29, 0.717) is 26.2 Å². The Kier molecular flexibility index (Phi) is 4.39. The molecule has 1 aromatic heterocycles. The molecule has 2 heterocycles. The van der Waals surface area contributed by atoms with Gasteiger partial charge in [-0.1, -0.05) is 12.1 Å². The Bertz CT molecular complexity index is 610. The smallest absolute Gasteiger partial charge is 0.317 e. The van der Waals surface area contributed by atoms with Crippen molar-refractivity contribution in [3.8, 4) is 5.69 Å². The monoisotopic (exact) mass is 300 g/mol. The molecule has 1 aliphatic rings. The lowest BCUT2D eigenvalue weighted by Gasteiger charge is -2.31. The van der Waals surface area contributed by atoms with Crippen LogP contribution in [0.2, 0.25) is 0 Å². The lowest BCUT2D eigenvalue weighted by molar-refractivity contribution is -0.00351. The third-order valence-electron chi connectivity index (χ3n) is 3.68. The van der Waals surface area contributed by atoms with E-state index in [9.17, 15) is 4.79 Å². The van der Waals surface area contributed by atoms with Gasteiger partial charge in [0, 0.05) is 32.0 Å². The molecule has 1 saturated heterocycles. The number of carbonyl (C=O) groups is 1. The van der Waals surface area contributed by atoms with Crippen molar-refractivity contribution in [2.24, 2.45) is 0 Å². The highest BCUT2D eigenvalue weighted by molar-refractivity contribution is 5.74. The fraction of sp³-hybridized carbons (Fsp3) is 0.375. The summed E-state index contributed by atoms with van der Waals surface area (Å²) in [6.07, 6.45) is 3.75. The zero-order valence-corrected chi connectivity index (χ0v) is 12.6. The fourth-order valence-electron chi connectivity index (χ4n) is 2.48. The maximum Gasteiger partial charge on any atom is 0.317 e. The topological polar surface area (TPSA) is 59.4 Å². The molecule has 1 fully saturated rings. The van der Waals surface area contributed by atoms with E-state index in [1.165, 1.54) is 0 Å². The summed E-state index contributed by atoms with van der Waals surface area (Å²) in [7, 11) is 0. The molecule has 6 nitrogen and oxygen atoms in total. The highest BCUT2D eigenvalue weighted by Gasteiger charge is 2.20. The number of ether oxygens (including phenoxy) is 1. The van der Waals surface area contributed by atoms with Gasteiger partial charge in [0.2, 0.25) is 0 Å². The lowest BCUT2D eigenvalue weighted by atomic mass is 10.2. The van der Waals surface area contributed by atoms with Gasteiger partial charge < -0.3 is 15.0 Å². The molecule has 0 bridgehead atoms. The van der Waals surface area contributed by atoms with Crippen LogP contribution in [0.4, 0.5) is 4.79 Å². The van der Waals surface area contributed by atoms with Gasteiger partial charge in [0.1, 0.15) is 0 Å². The molecule has 6 heteroatoms. The minimum Gasteiger partial charge on any atom is -0.375 e. The number of hydrogen-bond donors (Lipinski definition) is 1. The van der Waals surface area contributed by atoms with E-state index >= 15 is 0 Å². The van der Waals surface area contributed by atoms with Gasteiger partial charge in [0.05, 0.1) is 18.4 Å². The van der Waals surface area contributed by atoms with Gasteiger partial charge >= 0.3 is 6.03 Å². The molecule has 116 valence electrons. The number of nitrogens with one attached hydrogen (secondary N) is 1. The Hall–Kier alpha value is -2.34. The average Bonchev–Trinajstić information content (AvgIpc) is 3.07. The van der Waals surface area contributed by atoms with Crippen molar-refractivity contribution in [1.29, 1.82) is 0 Å². The standard InChI is InChI=1S/C16H20N4O2/c1-13-12-19(9-10-22-13)16(21)17-11-14-3-5-15(6-4-14)20-8-2-7-18-20/h2-8,13H,9-12H2,1H3,(H,17,21). The Morgan fingerprint density at radius 3 is 2.91 bits per heavy atom. The van der Waals surface area contributed by atoms with Crippen LogP contribution < -0.4 is 5.32 Å². The molecule has 2 amide bonds. The Labute approximate surface area is 129 Å². The molecule has 22 heavy (non-hydrogen) atoms. The van der Waals surface area contributed by atoms with Crippen molar-refractivity contribution in [3.63, 3.8) is 0 Å². The number of nitrogens with zero attached hydrogens (tertiary/aromatic N) is 3. The number of aromatic nitrogens is 2. The summed E-state index contributed by atoms with van der Waals surface area (Å²) in [5, 5.41) is 7.14. The molecular formula is C16H20N4O2. The second kappa shape index (κ2) is 6.62. The summed E-state index contributed by atoms with van der Waals surface area (Å²) < 4.78 is 7.24. The predicted molar refractivity (Wildman–Crippen MR) is 82.8 cm³/mol. The third kappa shape index (κ3) is 3.46. The van der Waals surface area contributed by atoms with Crippen LogP contribution in [-0.2, 0) is 11.3 Å². The molecule has 0 saturated carbocycles. The highest BCUT2D eigenvalue weighted by atomic mass is 16.5. The van der Waals surface area contributed by atoms with Crippen LogP contribution >= 0.6 is 0 Å². The van der Waals surface area contributed by atoms with Crippen LogP contribution in [0.5, 0.6) is 0 Å². The van der Waals surface area contributed by atoms with Crippen LogP contribution in [0.3, 0.4) is 0 Å². The van der Waals surface area contributed by atoms with Crippen molar-refractivity contribution >= 4 is 6.03 Å². The first-order chi connectivity index (χ1) is 10.7. The number of rotatable bonds is 3. The van der Waals surface area contributed by atoms with E-state index in [1.807, 2.05) is 43.5 Å². The zero-order chi connectivity index (χ0) is 15.4. The first kappa shape index (κ1) is 14.6. The summed E-state index contributed by atoms with van der Waals surface area (Å²) in [5.74, 6) is 0. The van der Waals surface area contributed by atoms with Gasteiger partial charge in [-0.3, -0.25) is 0 Å². The van der Waals surface area contributed by atoms with Gasteiger partial charge in [0.25, 0.3) is 0 Å². The van der Waals surface area contributed by atoms with E-state index in [4.69, 9.17) is 4.74 Å². The van der Waals surface area contributed by atoms with Gasteiger partial charge in [-0.05, 0) is 30.7 Å². The van der Waals surface area contributed by atoms with E-state index < -0.39 is 0 Å². The van der Waals surface area contributed by atoms with Crippen molar-refractivity contribution in [1.82, 2.24) is 20.0 Å².